The third-order valence-corrected chi connectivity index (χ3v) is 3.36. The van der Waals surface area contributed by atoms with Gasteiger partial charge in [0.25, 0.3) is 5.91 Å². The fourth-order valence-electron chi connectivity index (χ4n) is 1.96. The predicted molar refractivity (Wildman–Crippen MR) is 65.4 cm³/mol. The molecule has 2 unspecified atom stereocenters. The molecule has 1 fully saturated rings. The molecule has 0 saturated heterocycles. The van der Waals surface area contributed by atoms with Gasteiger partial charge in [-0.15, -0.1) is 0 Å². The standard InChI is InChI=1S/C13H16N2O3/c1-8-5-10(8)7-15(2)12(16)9-3-4-11(13(17)18)14-6-9/h3-4,6,8,10H,5,7H2,1-2H3,(H,17,18). The van der Waals surface area contributed by atoms with Gasteiger partial charge in [0, 0.05) is 19.8 Å². The van der Waals surface area contributed by atoms with Crippen molar-refractivity contribution in [2.45, 2.75) is 13.3 Å². The Morgan fingerprint density at radius 2 is 2.17 bits per heavy atom. The minimum atomic E-state index is -1.09. The molecule has 1 amide bonds. The number of hydrogen-bond donors (Lipinski definition) is 1. The lowest BCUT2D eigenvalue weighted by Crippen LogP contribution is -2.29. The molecule has 1 aromatic heterocycles. The number of carbonyl (C=O) groups is 2. The predicted octanol–water partition coefficient (Wildman–Crippen LogP) is 1.51. The Morgan fingerprint density at radius 1 is 1.50 bits per heavy atom. The summed E-state index contributed by atoms with van der Waals surface area (Å²) in [4.78, 5) is 28.1. The summed E-state index contributed by atoms with van der Waals surface area (Å²) in [6.07, 6.45) is 2.49. The van der Waals surface area contributed by atoms with Crippen LogP contribution >= 0.6 is 0 Å². The second-order valence-electron chi connectivity index (χ2n) is 4.90. The number of carboxylic acid groups (broad SMARTS) is 1. The Balaban J connectivity index is 2.01. The van der Waals surface area contributed by atoms with Gasteiger partial charge in [0.1, 0.15) is 5.69 Å². The molecular formula is C13H16N2O3. The van der Waals surface area contributed by atoms with E-state index in [1.165, 1.54) is 24.8 Å². The lowest BCUT2D eigenvalue weighted by atomic mass is 10.2. The SMILES string of the molecule is CC1CC1CN(C)C(=O)c1ccc(C(=O)O)nc1. The summed E-state index contributed by atoms with van der Waals surface area (Å²) in [6, 6.07) is 2.86. The average Bonchev–Trinajstić information content (AvgIpc) is 3.04. The van der Waals surface area contributed by atoms with Gasteiger partial charge < -0.3 is 10.0 Å². The highest BCUT2D eigenvalue weighted by atomic mass is 16.4. The number of aromatic carboxylic acids is 1. The number of carboxylic acids is 1. The van der Waals surface area contributed by atoms with Crippen molar-refractivity contribution in [2.24, 2.45) is 11.8 Å². The zero-order valence-corrected chi connectivity index (χ0v) is 10.5. The van der Waals surface area contributed by atoms with Gasteiger partial charge in [0.05, 0.1) is 5.56 Å². The van der Waals surface area contributed by atoms with E-state index in [1.54, 1.807) is 11.9 Å². The van der Waals surface area contributed by atoms with Gasteiger partial charge in [-0.1, -0.05) is 6.92 Å². The number of aromatic nitrogens is 1. The first kappa shape index (κ1) is 12.5. The zero-order chi connectivity index (χ0) is 13.3. The van der Waals surface area contributed by atoms with Crippen LogP contribution in [0.3, 0.4) is 0 Å². The van der Waals surface area contributed by atoms with E-state index in [-0.39, 0.29) is 11.6 Å². The monoisotopic (exact) mass is 248 g/mol. The average molecular weight is 248 g/mol. The molecular weight excluding hydrogens is 232 g/mol. The number of pyridine rings is 1. The molecule has 1 aromatic rings. The van der Waals surface area contributed by atoms with Gasteiger partial charge in [-0.3, -0.25) is 4.79 Å². The van der Waals surface area contributed by atoms with E-state index in [9.17, 15) is 9.59 Å². The van der Waals surface area contributed by atoms with Crippen molar-refractivity contribution in [2.75, 3.05) is 13.6 Å². The van der Waals surface area contributed by atoms with Crippen LogP contribution in [0.2, 0.25) is 0 Å². The van der Waals surface area contributed by atoms with E-state index in [2.05, 4.69) is 11.9 Å². The Bertz CT molecular complexity index is 470. The van der Waals surface area contributed by atoms with Crippen molar-refractivity contribution >= 4 is 11.9 Å². The first-order valence-corrected chi connectivity index (χ1v) is 5.94. The number of hydrogen-bond acceptors (Lipinski definition) is 3. The quantitative estimate of drug-likeness (QED) is 0.876. The molecule has 1 aliphatic rings. The highest BCUT2D eigenvalue weighted by Gasteiger charge is 2.34. The molecule has 5 nitrogen and oxygen atoms in total. The minimum absolute atomic E-state index is 0.0509. The molecule has 2 rings (SSSR count). The van der Waals surface area contributed by atoms with Crippen LogP contribution in [0, 0.1) is 11.8 Å². The van der Waals surface area contributed by atoms with Gasteiger partial charge in [-0.05, 0) is 30.4 Å². The van der Waals surface area contributed by atoms with Gasteiger partial charge in [-0.25, -0.2) is 9.78 Å². The first-order valence-electron chi connectivity index (χ1n) is 5.94. The molecule has 96 valence electrons. The van der Waals surface area contributed by atoms with Gasteiger partial charge >= 0.3 is 5.97 Å². The zero-order valence-electron chi connectivity index (χ0n) is 10.5. The van der Waals surface area contributed by atoms with Crippen molar-refractivity contribution in [1.82, 2.24) is 9.88 Å². The lowest BCUT2D eigenvalue weighted by Gasteiger charge is -2.16. The molecule has 0 bridgehead atoms. The maximum Gasteiger partial charge on any atom is 0.354 e. The summed E-state index contributed by atoms with van der Waals surface area (Å²) < 4.78 is 0. The molecule has 0 radical (unpaired) electrons. The number of rotatable bonds is 4. The fourth-order valence-corrected chi connectivity index (χ4v) is 1.96. The van der Waals surface area contributed by atoms with Crippen LogP contribution in [0.5, 0.6) is 0 Å². The molecule has 0 aliphatic heterocycles. The first-order chi connectivity index (χ1) is 8.49. The van der Waals surface area contributed by atoms with E-state index in [4.69, 9.17) is 5.11 Å². The third-order valence-electron chi connectivity index (χ3n) is 3.36. The van der Waals surface area contributed by atoms with E-state index in [0.717, 1.165) is 6.54 Å². The largest absolute Gasteiger partial charge is 0.477 e. The van der Waals surface area contributed by atoms with E-state index < -0.39 is 5.97 Å². The number of amides is 1. The number of carbonyl (C=O) groups excluding carboxylic acids is 1. The summed E-state index contributed by atoms with van der Waals surface area (Å²) in [5.41, 5.74) is 0.376. The summed E-state index contributed by atoms with van der Waals surface area (Å²) >= 11 is 0. The van der Waals surface area contributed by atoms with Crippen LogP contribution in [0.15, 0.2) is 18.3 Å². The maximum absolute atomic E-state index is 12.0. The Morgan fingerprint density at radius 3 is 2.61 bits per heavy atom. The summed E-state index contributed by atoms with van der Waals surface area (Å²) in [7, 11) is 1.76. The molecule has 18 heavy (non-hydrogen) atoms. The normalized spacial score (nSPS) is 21.4. The van der Waals surface area contributed by atoms with Crippen LogP contribution in [-0.2, 0) is 0 Å². The Labute approximate surface area is 105 Å². The van der Waals surface area contributed by atoms with Crippen molar-refractivity contribution in [3.05, 3.63) is 29.6 Å². The Kier molecular flexibility index (Phi) is 3.32. The molecule has 1 saturated carbocycles. The molecule has 1 N–H and O–H groups in total. The van der Waals surface area contributed by atoms with E-state index in [1.807, 2.05) is 0 Å². The summed E-state index contributed by atoms with van der Waals surface area (Å²) in [5, 5.41) is 8.72. The highest BCUT2D eigenvalue weighted by Crippen LogP contribution is 2.38. The molecule has 5 heteroatoms. The molecule has 0 aromatic carbocycles. The lowest BCUT2D eigenvalue weighted by molar-refractivity contribution is 0.0688. The second kappa shape index (κ2) is 4.76. The molecule has 0 spiro atoms. The molecule has 2 atom stereocenters. The van der Waals surface area contributed by atoms with Crippen molar-refractivity contribution < 1.29 is 14.7 Å². The van der Waals surface area contributed by atoms with Crippen molar-refractivity contribution in [3.63, 3.8) is 0 Å². The molecule has 1 heterocycles. The summed E-state index contributed by atoms with van der Waals surface area (Å²) in [6.45, 7) is 2.92. The van der Waals surface area contributed by atoms with Crippen molar-refractivity contribution in [3.8, 4) is 0 Å². The van der Waals surface area contributed by atoms with Crippen LogP contribution in [0.1, 0.15) is 34.2 Å². The summed E-state index contributed by atoms with van der Waals surface area (Å²) in [5.74, 6) is 0.102. The van der Waals surface area contributed by atoms with Crippen LogP contribution in [-0.4, -0.2) is 40.5 Å². The van der Waals surface area contributed by atoms with Crippen LogP contribution in [0.25, 0.3) is 0 Å². The van der Waals surface area contributed by atoms with Crippen LogP contribution < -0.4 is 0 Å². The third kappa shape index (κ3) is 2.67. The smallest absolute Gasteiger partial charge is 0.354 e. The second-order valence-corrected chi connectivity index (χ2v) is 4.90. The molecule has 1 aliphatic carbocycles. The van der Waals surface area contributed by atoms with Crippen LogP contribution in [0.4, 0.5) is 0 Å². The van der Waals surface area contributed by atoms with Gasteiger partial charge in [0.15, 0.2) is 0 Å². The fraction of sp³-hybridized carbons (Fsp3) is 0.462. The Hall–Kier alpha value is -1.91. The van der Waals surface area contributed by atoms with Gasteiger partial charge in [0.2, 0.25) is 0 Å². The van der Waals surface area contributed by atoms with Gasteiger partial charge in [-0.2, -0.15) is 0 Å². The minimum Gasteiger partial charge on any atom is -0.477 e. The number of nitrogens with zero attached hydrogens (tertiary/aromatic N) is 2. The van der Waals surface area contributed by atoms with E-state index >= 15 is 0 Å². The topological polar surface area (TPSA) is 70.5 Å². The van der Waals surface area contributed by atoms with E-state index in [0.29, 0.717) is 17.4 Å². The maximum atomic E-state index is 12.0. The van der Waals surface area contributed by atoms with Crippen molar-refractivity contribution in [1.29, 1.82) is 0 Å². The highest BCUT2D eigenvalue weighted by molar-refractivity contribution is 5.94.